The molecular weight excluding hydrogens is 239 g/mol. The Balaban J connectivity index is 2.50. The van der Waals surface area contributed by atoms with Crippen LogP contribution in [0.5, 0.6) is 5.75 Å². The van der Waals surface area contributed by atoms with Crippen LogP contribution in [0.1, 0.15) is 5.56 Å². The normalized spacial score (nSPS) is 10.3. The molecule has 3 heteroatoms. The van der Waals surface area contributed by atoms with E-state index in [0.29, 0.717) is 17.2 Å². The minimum atomic E-state index is -0.257. The Bertz CT molecular complexity index is 525. The Labute approximate surface area is 105 Å². The van der Waals surface area contributed by atoms with Crippen molar-refractivity contribution in [2.75, 3.05) is 7.11 Å². The summed E-state index contributed by atoms with van der Waals surface area (Å²) >= 11 is 5.75. The fraction of sp³-hybridized carbons (Fsp3) is 0.143. The number of hydrogen-bond acceptors (Lipinski definition) is 1. The first-order valence-electron chi connectivity index (χ1n) is 5.23. The average molecular weight is 251 g/mol. The molecule has 1 nitrogen and oxygen atoms in total. The average Bonchev–Trinajstić information content (AvgIpc) is 2.39. The molecule has 0 unspecified atom stereocenters. The van der Waals surface area contributed by atoms with Crippen molar-refractivity contribution in [1.82, 2.24) is 0 Å². The summed E-state index contributed by atoms with van der Waals surface area (Å²) in [7, 11) is 1.59. The van der Waals surface area contributed by atoms with Gasteiger partial charge in [0.05, 0.1) is 7.11 Å². The molecule has 0 N–H and O–H groups in total. The van der Waals surface area contributed by atoms with Gasteiger partial charge in [-0.15, -0.1) is 11.6 Å². The van der Waals surface area contributed by atoms with Gasteiger partial charge >= 0.3 is 0 Å². The Morgan fingerprint density at radius 3 is 2.71 bits per heavy atom. The van der Waals surface area contributed by atoms with Crippen LogP contribution in [0.15, 0.2) is 42.5 Å². The van der Waals surface area contributed by atoms with Gasteiger partial charge in [-0.3, -0.25) is 0 Å². The second-order valence-electron chi connectivity index (χ2n) is 3.68. The molecule has 0 heterocycles. The van der Waals surface area contributed by atoms with E-state index in [2.05, 4.69) is 0 Å². The summed E-state index contributed by atoms with van der Waals surface area (Å²) in [5.74, 6) is 0.822. The van der Waals surface area contributed by atoms with E-state index in [4.69, 9.17) is 16.3 Å². The van der Waals surface area contributed by atoms with Crippen molar-refractivity contribution in [3.05, 3.63) is 53.8 Å². The van der Waals surface area contributed by atoms with Crippen LogP contribution in [-0.2, 0) is 5.88 Å². The van der Waals surface area contributed by atoms with Crippen LogP contribution in [-0.4, -0.2) is 7.11 Å². The molecule has 0 spiro atoms. The van der Waals surface area contributed by atoms with E-state index in [1.54, 1.807) is 25.3 Å². The Morgan fingerprint density at radius 2 is 2.00 bits per heavy atom. The van der Waals surface area contributed by atoms with Gasteiger partial charge in [0.25, 0.3) is 0 Å². The van der Waals surface area contributed by atoms with E-state index in [-0.39, 0.29) is 5.82 Å². The topological polar surface area (TPSA) is 9.23 Å². The molecule has 2 aromatic rings. The molecule has 0 aromatic heterocycles. The SMILES string of the molecule is COc1cccc(-c2cc(CCl)ccc2F)c1. The van der Waals surface area contributed by atoms with Crippen LogP contribution in [0.3, 0.4) is 0 Å². The van der Waals surface area contributed by atoms with Crippen LogP contribution in [0, 0.1) is 5.82 Å². The molecule has 0 aliphatic carbocycles. The monoisotopic (exact) mass is 250 g/mol. The first-order chi connectivity index (χ1) is 8.24. The van der Waals surface area contributed by atoms with Crippen LogP contribution >= 0.6 is 11.6 Å². The summed E-state index contributed by atoms with van der Waals surface area (Å²) < 4.78 is 18.9. The minimum absolute atomic E-state index is 0.257. The van der Waals surface area contributed by atoms with Crippen LogP contribution < -0.4 is 4.74 Å². The maximum Gasteiger partial charge on any atom is 0.131 e. The number of ether oxygens (including phenoxy) is 1. The largest absolute Gasteiger partial charge is 0.497 e. The summed E-state index contributed by atoms with van der Waals surface area (Å²) in [6.45, 7) is 0. The van der Waals surface area contributed by atoms with Gasteiger partial charge in [-0.05, 0) is 35.4 Å². The summed E-state index contributed by atoms with van der Waals surface area (Å²) in [5.41, 5.74) is 2.22. The zero-order valence-corrected chi connectivity index (χ0v) is 10.2. The molecule has 0 fully saturated rings. The van der Waals surface area contributed by atoms with Crippen LogP contribution in [0.2, 0.25) is 0 Å². The van der Waals surface area contributed by atoms with Crippen LogP contribution in [0.4, 0.5) is 4.39 Å². The molecular formula is C14H12ClFO. The van der Waals surface area contributed by atoms with E-state index >= 15 is 0 Å². The minimum Gasteiger partial charge on any atom is -0.497 e. The standard InChI is InChI=1S/C14H12ClFO/c1-17-12-4-2-3-11(8-12)13-7-10(9-15)5-6-14(13)16/h2-8H,9H2,1H3. The first kappa shape index (κ1) is 11.9. The van der Waals surface area contributed by atoms with Gasteiger partial charge in [-0.2, -0.15) is 0 Å². The summed E-state index contributed by atoms with van der Waals surface area (Å²) in [5, 5.41) is 0. The van der Waals surface area contributed by atoms with Gasteiger partial charge in [-0.1, -0.05) is 18.2 Å². The van der Waals surface area contributed by atoms with Crippen molar-refractivity contribution >= 4 is 11.6 Å². The Hall–Kier alpha value is -1.54. The lowest BCUT2D eigenvalue weighted by Gasteiger charge is -2.07. The number of methoxy groups -OCH3 is 1. The zero-order valence-electron chi connectivity index (χ0n) is 9.41. The molecule has 17 heavy (non-hydrogen) atoms. The van der Waals surface area contributed by atoms with Crippen molar-refractivity contribution in [3.8, 4) is 16.9 Å². The van der Waals surface area contributed by atoms with Crippen molar-refractivity contribution in [2.24, 2.45) is 0 Å². The van der Waals surface area contributed by atoms with Crippen molar-refractivity contribution in [3.63, 3.8) is 0 Å². The lowest BCUT2D eigenvalue weighted by atomic mass is 10.0. The number of hydrogen-bond donors (Lipinski definition) is 0. The fourth-order valence-corrected chi connectivity index (χ4v) is 1.83. The maximum absolute atomic E-state index is 13.7. The molecule has 0 saturated carbocycles. The Kier molecular flexibility index (Phi) is 3.64. The lowest BCUT2D eigenvalue weighted by Crippen LogP contribution is -1.89. The van der Waals surface area contributed by atoms with Gasteiger partial charge in [0.15, 0.2) is 0 Å². The number of halogens is 2. The molecule has 0 atom stereocenters. The number of rotatable bonds is 3. The number of benzene rings is 2. The van der Waals surface area contributed by atoms with E-state index < -0.39 is 0 Å². The van der Waals surface area contributed by atoms with Gasteiger partial charge in [0.1, 0.15) is 11.6 Å². The molecule has 2 rings (SSSR count). The van der Waals surface area contributed by atoms with Crippen molar-refractivity contribution < 1.29 is 9.13 Å². The molecule has 88 valence electrons. The summed E-state index contributed by atoms with van der Waals surface area (Å²) in [6.07, 6.45) is 0. The number of alkyl halides is 1. The molecule has 0 bridgehead atoms. The van der Waals surface area contributed by atoms with Crippen molar-refractivity contribution in [1.29, 1.82) is 0 Å². The highest BCUT2D eigenvalue weighted by Crippen LogP contribution is 2.27. The van der Waals surface area contributed by atoms with E-state index in [1.807, 2.05) is 18.2 Å². The fourth-order valence-electron chi connectivity index (χ4n) is 1.67. The predicted molar refractivity (Wildman–Crippen MR) is 67.9 cm³/mol. The van der Waals surface area contributed by atoms with Crippen molar-refractivity contribution in [2.45, 2.75) is 5.88 Å². The quantitative estimate of drug-likeness (QED) is 0.741. The smallest absolute Gasteiger partial charge is 0.131 e. The van der Waals surface area contributed by atoms with E-state index in [1.165, 1.54) is 6.07 Å². The molecule has 0 aliphatic rings. The third-order valence-electron chi connectivity index (χ3n) is 2.57. The van der Waals surface area contributed by atoms with Gasteiger partial charge in [0.2, 0.25) is 0 Å². The molecule has 0 aliphatic heterocycles. The summed E-state index contributed by atoms with van der Waals surface area (Å²) in [6, 6.07) is 12.2. The third-order valence-corrected chi connectivity index (χ3v) is 2.87. The summed E-state index contributed by atoms with van der Waals surface area (Å²) in [4.78, 5) is 0. The highest BCUT2D eigenvalue weighted by Gasteiger charge is 2.07. The zero-order chi connectivity index (χ0) is 12.3. The molecule has 0 saturated heterocycles. The maximum atomic E-state index is 13.7. The van der Waals surface area contributed by atoms with Gasteiger partial charge < -0.3 is 4.74 Å². The molecule has 0 radical (unpaired) electrons. The Morgan fingerprint density at radius 1 is 1.18 bits per heavy atom. The lowest BCUT2D eigenvalue weighted by molar-refractivity contribution is 0.415. The highest BCUT2D eigenvalue weighted by atomic mass is 35.5. The third kappa shape index (κ3) is 2.59. The van der Waals surface area contributed by atoms with Crippen LogP contribution in [0.25, 0.3) is 11.1 Å². The van der Waals surface area contributed by atoms with E-state index in [9.17, 15) is 4.39 Å². The molecule has 0 amide bonds. The second-order valence-corrected chi connectivity index (χ2v) is 3.95. The predicted octanol–water partition coefficient (Wildman–Crippen LogP) is 4.24. The van der Waals surface area contributed by atoms with Gasteiger partial charge in [-0.25, -0.2) is 4.39 Å². The molecule has 2 aromatic carbocycles. The second kappa shape index (κ2) is 5.19. The van der Waals surface area contributed by atoms with E-state index in [0.717, 1.165) is 11.1 Å². The first-order valence-corrected chi connectivity index (χ1v) is 5.77. The van der Waals surface area contributed by atoms with Gasteiger partial charge in [0, 0.05) is 11.4 Å². The highest BCUT2D eigenvalue weighted by molar-refractivity contribution is 6.17.